The van der Waals surface area contributed by atoms with Crippen LogP contribution in [-0.2, 0) is 11.3 Å². The smallest absolute Gasteiger partial charge is 0.226 e. The number of carbonyl (C=O) groups is 1. The molecule has 0 bridgehead atoms. The van der Waals surface area contributed by atoms with Gasteiger partial charge in [-0.25, -0.2) is 4.39 Å². The second-order valence-corrected chi connectivity index (χ2v) is 5.78. The summed E-state index contributed by atoms with van der Waals surface area (Å²) in [4.78, 5) is 14.2. The maximum Gasteiger partial charge on any atom is 0.226 e. The molecular weight excluding hydrogens is 279 g/mol. The lowest BCUT2D eigenvalue weighted by molar-refractivity contribution is -0.136. The zero-order valence-electron chi connectivity index (χ0n) is 11.6. The summed E-state index contributed by atoms with van der Waals surface area (Å²) in [6.45, 7) is 2.59. The molecule has 2 N–H and O–H groups in total. The number of rotatable bonds is 6. The summed E-state index contributed by atoms with van der Waals surface area (Å²) >= 11 is 6.05. The first-order valence-electron chi connectivity index (χ1n) is 6.98. The van der Waals surface area contributed by atoms with E-state index in [9.17, 15) is 9.18 Å². The van der Waals surface area contributed by atoms with Gasteiger partial charge in [0.05, 0.1) is 6.54 Å². The molecule has 0 spiro atoms. The highest BCUT2D eigenvalue weighted by molar-refractivity contribution is 6.31. The van der Waals surface area contributed by atoms with Crippen LogP contribution in [0.2, 0.25) is 5.02 Å². The molecule has 2 rings (SSSR count). The van der Waals surface area contributed by atoms with Crippen LogP contribution in [0.3, 0.4) is 0 Å². The van der Waals surface area contributed by atoms with Crippen molar-refractivity contribution in [3.63, 3.8) is 0 Å². The molecule has 0 aromatic heterocycles. The number of amides is 1. The van der Waals surface area contributed by atoms with Crippen LogP contribution in [0, 0.1) is 11.7 Å². The first-order chi connectivity index (χ1) is 9.54. The highest BCUT2D eigenvalue weighted by Gasteiger charge is 2.35. The van der Waals surface area contributed by atoms with Crippen LogP contribution in [0.15, 0.2) is 18.2 Å². The van der Waals surface area contributed by atoms with Gasteiger partial charge >= 0.3 is 0 Å². The number of carbonyl (C=O) groups excluding carboxylic acids is 1. The monoisotopic (exact) mass is 298 g/mol. The highest BCUT2D eigenvalue weighted by Crippen LogP contribution is 2.32. The third-order valence-electron chi connectivity index (χ3n) is 3.68. The van der Waals surface area contributed by atoms with Gasteiger partial charge in [-0.05, 0) is 37.9 Å². The van der Waals surface area contributed by atoms with Crippen molar-refractivity contribution in [1.29, 1.82) is 0 Å². The SMILES string of the molecule is CC(CCN)C(=O)N(Cc1c(F)cccc1Cl)C1CC1. The fraction of sp³-hybridized carbons (Fsp3) is 0.533. The lowest BCUT2D eigenvalue weighted by atomic mass is 10.1. The standard InChI is InChI=1S/C15H20ClFN2O/c1-10(7-8-18)15(20)19(11-5-6-11)9-12-13(16)3-2-4-14(12)17/h2-4,10-11H,5-9,18H2,1H3. The summed E-state index contributed by atoms with van der Waals surface area (Å²) in [5.74, 6) is -0.453. The predicted octanol–water partition coefficient (Wildman–Crippen LogP) is 2.96. The van der Waals surface area contributed by atoms with Gasteiger partial charge in [-0.15, -0.1) is 0 Å². The largest absolute Gasteiger partial charge is 0.335 e. The minimum absolute atomic E-state index is 0.0391. The van der Waals surface area contributed by atoms with E-state index in [0.29, 0.717) is 23.6 Å². The zero-order valence-corrected chi connectivity index (χ0v) is 12.4. The molecule has 0 radical (unpaired) electrons. The van der Waals surface area contributed by atoms with E-state index in [0.717, 1.165) is 12.8 Å². The summed E-state index contributed by atoms with van der Waals surface area (Å²) in [6, 6.07) is 4.82. The molecule has 1 aromatic carbocycles. The van der Waals surface area contributed by atoms with Gasteiger partial charge < -0.3 is 10.6 Å². The molecule has 1 aliphatic carbocycles. The fourth-order valence-corrected chi connectivity index (χ4v) is 2.51. The van der Waals surface area contributed by atoms with Crippen molar-refractivity contribution in [1.82, 2.24) is 4.90 Å². The molecule has 1 atom stereocenters. The Balaban J connectivity index is 2.16. The lowest BCUT2D eigenvalue weighted by Crippen LogP contribution is -2.37. The van der Waals surface area contributed by atoms with Gasteiger partial charge in [0.1, 0.15) is 5.82 Å². The van der Waals surface area contributed by atoms with E-state index in [1.54, 1.807) is 17.0 Å². The first-order valence-corrected chi connectivity index (χ1v) is 7.35. The number of nitrogens with two attached hydrogens (primary N) is 1. The number of hydrogen-bond acceptors (Lipinski definition) is 2. The molecule has 1 fully saturated rings. The minimum atomic E-state index is -0.359. The molecule has 0 heterocycles. The van der Waals surface area contributed by atoms with Crippen molar-refractivity contribution in [3.05, 3.63) is 34.6 Å². The predicted molar refractivity (Wildman–Crippen MR) is 77.8 cm³/mol. The van der Waals surface area contributed by atoms with Crippen LogP contribution >= 0.6 is 11.6 Å². The van der Waals surface area contributed by atoms with E-state index >= 15 is 0 Å². The van der Waals surface area contributed by atoms with Gasteiger partial charge in [0.2, 0.25) is 5.91 Å². The Morgan fingerprint density at radius 3 is 2.80 bits per heavy atom. The zero-order chi connectivity index (χ0) is 14.7. The number of benzene rings is 1. The van der Waals surface area contributed by atoms with Crippen molar-refractivity contribution in [2.45, 2.75) is 38.8 Å². The second kappa shape index (κ2) is 6.55. The molecule has 0 aliphatic heterocycles. The summed E-state index contributed by atoms with van der Waals surface area (Å²) < 4.78 is 13.9. The van der Waals surface area contributed by atoms with Crippen molar-refractivity contribution in [2.24, 2.45) is 11.7 Å². The van der Waals surface area contributed by atoms with Gasteiger partial charge in [0.25, 0.3) is 0 Å². The third kappa shape index (κ3) is 3.49. The van der Waals surface area contributed by atoms with Crippen molar-refractivity contribution >= 4 is 17.5 Å². The minimum Gasteiger partial charge on any atom is -0.335 e. The van der Waals surface area contributed by atoms with Crippen LogP contribution < -0.4 is 5.73 Å². The average Bonchev–Trinajstić information content (AvgIpc) is 3.22. The van der Waals surface area contributed by atoms with Crippen molar-refractivity contribution in [2.75, 3.05) is 6.54 Å². The maximum atomic E-state index is 13.9. The Labute approximate surface area is 123 Å². The molecule has 1 unspecified atom stereocenters. The second-order valence-electron chi connectivity index (χ2n) is 5.38. The molecule has 1 amide bonds. The van der Waals surface area contributed by atoms with E-state index < -0.39 is 0 Å². The topological polar surface area (TPSA) is 46.3 Å². The van der Waals surface area contributed by atoms with Gasteiger partial charge in [0, 0.05) is 22.5 Å². The van der Waals surface area contributed by atoms with Crippen molar-refractivity contribution in [3.8, 4) is 0 Å². The Hall–Kier alpha value is -1.13. The van der Waals surface area contributed by atoms with Crippen LogP contribution in [0.1, 0.15) is 31.7 Å². The molecule has 0 saturated heterocycles. The molecule has 20 heavy (non-hydrogen) atoms. The first kappa shape index (κ1) is 15.3. The van der Waals surface area contributed by atoms with Gasteiger partial charge in [-0.3, -0.25) is 4.79 Å². The van der Waals surface area contributed by atoms with Gasteiger partial charge in [-0.1, -0.05) is 24.6 Å². The van der Waals surface area contributed by atoms with Gasteiger partial charge in [-0.2, -0.15) is 0 Å². The average molecular weight is 299 g/mol. The molecule has 1 aromatic rings. The molecular formula is C15H20ClFN2O. The molecule has 1 saturated carbocycles. The molecule has 3 nitrogen and oxygen atoms in total. The number of halogens is 2. The summed E-state index contributed by atoms with van der Waals surface area (Å²) in [5.41, 5.74) is 5.91. The summed E-state index contributed by atoms with van der Waals surface area (Å²) in [6.07, 6.45) is 2.60. The Kier molecular flexibility index (Phi) is 5.00. The highest BCUT2D eigenvalue weighted by atomic mass is 35.5. The number of hydrogen-bond donors (Lipinski definition) is 1. The van der Waals surface area contributed by atoms with E-state index in [-0.39, 0.29) is 30.2 Å². The normalized spacial score (nSPS) is 16.0. The summed E-state index contributed by atoms with van der Waals surface area (Å²) in [5, 5.41) is 0.370. The van der Waals surface area contributed by atoms with Gasteiger partial charge in [0.15, 0.2) is 0 Å². The fourth-order valence-electron chi connectivity index (χ4n) is 2.28. The lowest BCUT2D eigenvalue weighted by Gasteiger charge is -2.26. The summed E-state index contributed by atoms with van der Waals surface area (Å²) in [7, 11) is 0. The molecule has 5 heteroatoms. The molecule has 1 aliphatic rings. The number of nitrogens with zero attached hydrogens (tertiary/aromatic N) is 1. The quantitative estimate of drug-likeness (QED) is 0.877. The van der Waals surface area contributed by atoms with Crippen molar-refractivity contribution < 1.29 is 9.18 Å². The van der Waals surface area contributed by atoms with Crippen LogP contribution in [0.4, 0.5) is 4.39 Å². The van der Waals surface area contributed by atoms with Crippen LogP contribution in [0.5, 0.6) is 0 Å². The van der Waals surface area contributed by atoms with E-state index in [2.05, 4.69) is 0 Å². The van der Waals surface area contributed by atoms with Crippen LogP contribution in [0.25, 0.3) is 0 Å². The van der Waals surface area contributed by atoms with E-state index in [1.807, 2.05) is 6.92 Å². The molecule has 110 valence electrons. The Morgan fingerprint density at radius 1 is 1.55 bits per heavy atom. The van der Waals surface area contributed by atoms with E-state index in [4.69, 9.17) is 17.3 Å². The third-order valence-corrected chi connectivity index (χ3v) is 4.04. The Morgan fingerprint density at radius 2 is 2.25 bits per heavy atom. The Bertz CT molecular complexity index is 471. The van der Waals surface area contributed by atoms with Crippen LogP contribution in [-0.4, -0.2) is 23.4 Å². The maximum absolute atomic E-state index is 13.9. The van der Waals surface area contributed by atoms with E-state index in [1.165, 1.54) is 6.07 Å².